The van der Waals surface area contributed by atoms with E-state index in [1.54, 1.807) is 73.7 Å². The fourth-order valence-electron chi connectivity index (χ4n) is 4.60. The molecule has 1 saturated carbocycles. The first-order chi connectivity index (χ1) is 23.4. The van der Waals surface area contributed by atoms with Gasteiger partial charge in [-0.2, -0.15) is 28.1 Å². The lowest BCUT2D eigenvalue weighted by molar-refractivity contribution is -0.154. The van der Waals surface area contributed by atoms with E-state index in [4.69, 9.17) is 16.3 Å². The standard InChI is InChI=1S/C33H32ClF3N8O4/c1-20(18-39-27(47)28(48)40-24-5-3-2-4-6-24)17-38-26(46)21-7-13-25(14-8-21)41-29-42-30(44-31(43-29)49-19-33(35,36)37)45-32(15-16-32)22-9-11-23(34)12-10-22/h2-14,20H,15-19H2,1H3,(H,38,46)(H,39,47)(H,40,48)(H2,41,42,43,44,45). The van der Waals surface area contributed by atoms with Crippen molar-refractivity contribution < 1.29 is 32.3 Å². The summed E-state index contributed by atoms with van der Waals surface area (Å²) in [6, 6.07) is 21.5. The molecule has 5 N–H and O–H groups in total. The number of rotatable bonds is 13. The van der Waals surface area contributed by atoms with E-state index in [9.17, 15) is 27.6 Å². The maximum Gasteiger partial charge on any atom is 0.422 e. The summed E-state index contributed by atoms with van der Waals surface area (Å²) < 4.78 is 43.5. The molecule has 1 aliphatic rings. The van der Waals surface area contributed by atoms with Crippen LogP contribution in [0.15, 0.2) is 78.9 Å². The summed E-state index contributed by atoms with van der Waals surface area (Å²) in [6.45, 7) is 0.588. The number of amides is 3. The number of hydrogen-bond acceptors (Lipinski definition) is 9. The predicted molar refractivity (Wildman–Crippen MR) is 177 cm³/mol. The quantitative estimate of drug-likeness (QED) is 0.115. The van der Waals surface area contributed by atoms with Gasteiger partial charge < -0.3 is 31.3 Å². The van der Waals surface area contributed by atoms with E-state index in [0.717, 1.165) is 18.4 Å². The summed E-state index contributed by atoms with van der Waals surface area (Å²) in [5, 5.41) is 14.5. The summed E-state index contributed by atoms with van der Waals surface area (Å²) in [4.78, 5) is 49.3. The van der Waals surface area contributed by atoms with Crippen LogP contribution in [0.25, 0.3) is 0 Å². The summed E-state index contributed by atoms with van der Waals surface area (Å²) >= 11 is 6.02. The first-order valence-electron chi connectivity index (χ1n) is 15.2. The van der Waals surface area contributed by atoms with Gasteiger partial charge in [0.2, 0.25) is 11.9 Å². The number of hydrogen-bond donors (Lipinski definition) is 5. The Hall–Kier alpha value is -5.44. The number of anilines is 4. The van der Waals surface area contributed by atoms with E-state index in [0.29, 0.717) is 22.0 Å². The van der Waals surface area contributed by atoms with Crippen LogP contribution in [0.4, 0.5) is 36.4 Å². The third kappa shape index (κ3) is 10.3. The zero-order valence-electron chi connectivity index (χ0n) is 26.1. The Morgan fingerprint density at radius 3 is 2.14 bits per heavy atom. The van der Waals surface area contributed by atoms with Crippen molar-refractivity contribution in [2.24, 2.45) is 5.92 Å². The first-order valence-corrected chi connectivity index (χ1v) is 15.5. The van der Waals surface area contributed by atoms with Crippen LogP contribution in [0, 0.1) is 5.92 Å². The maximum absolute atomic E-state index is 12.9. The minimum Gasteiger partial charge on any atom is -0.454 e. The molecule has 12 nitrogen and oxygen atoms in total. The van der Waals surface area contributed by atoms with Crippen LogP contribution >= 0.6 is 11.6 Å². The number of alkyl halides is 3. The number of aromatic nitrogens is 3. The number of para-hydroxylation sites is 1. The number of nitrogens with zero attached hydrogens (tertiary/aromatic N) is 3. The highest BCUT2D eigenvalue weighted by Crippen LogP contribution is 2.48. The smallest absolute Gasteiger partial charge is 0.422 e. The van der Waals surface area contributed by atoms with Crippen molar-refractivity contribution in [3.05, 3.63) is 95.0 Å². The molecule has 1 atom stereocenters. The topological polar surface area (TPSA) is 159 Å². The Morgan fingerprint density at radius 1 is 0.837 bits per heavy atom. The molecule has 16 heteroatoms. The first kappa shape index (κ1) is 34.9. The van der Waals surface area contributed by atoms with Gasteiger partial charge in [0.25, 0.3) is 5.91 Å². The number of halogens is 4. The highest BCUT2D eigenvalue weighted by atomic mass is 35.5. The molecule has 1 unspecified atom stereocenters. The van der Waals surface area contributed by atoms with Gasteiger partial charge in [0.1, 0.15) is 0 Å². The van der Waals surface area contributed by atoms with Crippen molar-refractivity contribution in [3.63, 3.8) is 0 Å². The van der Waals surface area contributed by atoms with Gasteiger partial charge in [-0.05, 0) is 72.9 Å². The van der Waals surface area contributed by atoms with Gasteiger partial charge in [-0.1, -0.05) is 48.9 Å². The molecule has 256 valence electrons. The van der Waals surface area contributed by atoms with Gasteiger partial charge >= 0.3 is 24.0 Å². The molecular weight excluding hydrogens is 665 g/mol. The normalized spacial score (nSPS) is 13.8. The highest BCUT2D eigenvalue weighted by Gasteiger charge is 2.45. The Labute approximate surface area is 284 Å². The van der Waals surface area contributed by atoms with Gasteiger partial charge in [0, 0.05) is 35.1 Å². The van der Waals surface area contributed by atoms with Crippen LogP contribution in [-0.2, 0) is 15.1 Å². The Kier molecular flexibility index (Phi) is 10.8. The average molecular weight is 697 g/mol. The van der Waals surface area contributed by atoms with Gasteiger partial charge in [-0.25, -0.2) is 0 Å². The van der Waals surface area contributed by atoms with Gasteiger partial charge in [-0.3, -0.25) is 14.4 Å². The molecular formula is C33H32ClF3N8O4. The van der Waals surface area contributed by atoms with Crippen molar-refractivity contribution >= 4 is 52.6 Å². The molecule has 1 heterocycles. The van der Waals surface area contributed by atoms with Crippen LogP contribution in [0.3, 0.4) is 0 Å². The molecule has 1 aliphatic carbocycles. The predicted octanol–water partition coefficient (Wildman–Crippen LogP) is 5.43. The minimum atomic E-state index is -4.60. The second-order valence-electron chi connectivity index (χ2n) is 11.4. The van der Waals surface area contributed by atoms with E-state index in [1.807, 2.05) is 12.1 Å². The molecule has 1 aromatic heterocycles. The van der Waals surface area contributed by atoms with Gasteiger partial charge in [0.15, 0.2) is 6.61 Å². The lowest BCUT2D eigenvalue weighted by Crippen LogP contribution is -2.40. The van der Waals surface area contributed by atoms with E-state index >= 15 is 0 Å². The molecule has 0 aliphatic heterocycles. The zero-order chi connectivity index (χ0) is 35.0. The molecule has 0 spiro atoms. The molecule has 49 heavy (non-hydrogen) atoms. The molecule has 3 amide bonds. The number of carbonyl (C=O) groups is 3. The molecule has 3 aromatic carbocycles. The van der Waals surface area contributed by atoms with Crippen LogP contribution in [0.1, 0.15) is 35.7 Å². The lowest BCUT2D eigenvalue weighted by atomic mass is 10.1. The number of ether oxygens (including phenoxy) is 1. The zero-order valence-corrected chi connectivity index (χ0v) is 26.9. The fraction of sp³-hybridized carbons (Fsp3) is 0.273. The van der Waals surface area contributed by atoms with Crippen molar-refractivity contribution in [1.82, 2.24) is 25.6 Å². The Balaban J connectivity index is 1.16. The monoisotopic (exact) mass is 696 g/mol. The molecule has 0 saturated heterocycles. The van der Waals surface area contributed by atoms with Gasteiger partial charge in [-0.15, -0.1) is 0 Å². The minimum absolute atomic E-state index is 0.0141. The van der Waals surface area contributed by atoms with Crippen molar-refractivity contribution in [1.29, 1.82) is 0 Å². The Bertz CT molecular complexity index is 1770. The van der Waals surface area contributed by atoms with E-state index in [-0.39, 0.29) is 36.8 Å². The van der Waals surface area contributed by atoms with E-state index in [1.165, 1.54) is 0 Å². The largest absolute Gasteiger partial charge is 0.454 e. The van der Waals surface area contributed by atoms with Gasteiger partial charge in [0.05, 0.1) is 5.54 Å². The lowest BCUT2D eigenvalue weighted by Gasteiger charge is -2.19. The Morgan fingerprint density at radius 2 is 1.49 bits per heavy atom. The number of benzene rings is 3. The molecule has 1 fully saturated rings. The van der Waals surface area contributed by atoms with Crippen molar-refractivity contribution in [2.75, 3.05) is 35.6 Å². The third-order valence-corrected chi connectivity index (χ3v) is 7.59. The summed E-state index contributed by atoms with van der Waals surface area (Å²) in [6.07, 6.45) is -3.12. The summed E-state index contributed by atoms with van der Waals surface area (Å²) in [7, 11) is 0. The molecule has 4 aromatic rings. The molecule has 5 rings (SSSR count). The second kappa shape index (κ2) is 15.2. The third-order valence-electron chi connectivity index (χ3n) is 7.34. The van der Waals surface area contributed by atoms with Crippen LogP contribution < -0.4 is 31.3 Å². The van der Waals surface area contributed by atoms with E-state index in [2.05, 4.69) is 41.5 Å². The fourth-order valence-corrected chi connectivity index (χ4v) is 4.73. The van der Waals surface area contributed by atoms with Crippen LogP contribution in [0.5, 0.6) is 6.01 Å². The second-order valence-corrected chi connectivity index (χ2v) is 11.9. The SMILES string of the molecule is CC(CNC(=O)C(=O)Nc1ccccc1)CNC(=O)c1ccc(Nc2nc(NC3(c4ccc(Cl)cc4)CC3)nc(OCC(F)(F)F)n2)cc1. The maximum atomic E-state index is 12.9. The molecule has 0 bridgehead atoms. The van der Waals surface area contributed by atoms with Crippen LogP contribution in [-0.4, -0.2) is 58.5 Å². The van der Waals surface area contributed by atoms with Crippen molar-refractivity contribution in [3.8, 4) is 6.01 Å². The summed E-state index contributed by atoms with van der Waals surface area (Å²) in [5.41, 5.74) is 1.67. The van der Waals surface area contributed by atoms with E-state index < -0.39 is 36.1 Å². The molecule has 0 radical (unpaired) electrons. The van der Waals surface area contributed by atoms with Crippen molar-refractivity contribution in [2.45, 2.75) is 31.5 Å². The number of nitrogens with one attached hydrogen (secondary N) is 5. The average Bonchev–Trinajstić information content (AvgIpc) is 3.86. The number of carbonyl (C=O) groups excluding carboxylic acids is 3. The highest BCUT2D eigenvalue weighted by molar-refractivity contribution is 6.39. The van der Waals surface area contributed by atoms with Crippen LogP contribution in [0.2, 0.25) is 5.02 Å². The summed E-state index contributed by atoms with van der Waals surface area (Å²) in [5.74, 6) is -2.21.